The molecule has 0 aliphatic carbocycles. The van der Waals surface area contributed by atoms with E-state index in [1.54, 1.807) is 18.2 Å². The number of oxime groups is 1. The average molecular weight is 269 g/mol. The van der Waals surface area contributed by atoms with E-state index in [0.29, 0.717) is 11.1 Å². The van der Waals surface area contributed by atoms with Crippen molar-refractivity contribution in [2.45, 2.75) is 13.8 Å². The lowest BCUT2D eigenvalue weighted by atomic mass is 9.94. The summed E-state index contributed by atoms with van der Waals surface area (Å²) in [7, 11) is 0. The van der Waals surface area contributed by atoms with Crippen molar-refractivity contribution < 1.29 is 15.1 Å². The molecule has 0 bridgehead atoms. The van der Waals surface area contributed by atoms with Crippen LogP contribution in [0.3, 0.4) is 0 Å². The Morgan fingerprint density at radius 2 is 1.65 bits per heavy atom. The van der Waals surface area contributed by atoms with Crippen LogP contribution in [-0.4, -0.2) is 22.0 Å². The Hall–Kier alpha value is -2.62. The first-order chi connectivity index (χ1) is 9.54. The third kappa shape index (κ3) is 2.54. The van der Waals surface area contributed by atoms with E-state index in [2.05, 4.69) is 5.16 Å². The van der Waals surface area contributed by atoms with E-state index >= 15 is 0 Å². The van der Waals surface area contributed by atoms with Gasteiger partial charge in [-0.15, -0.1) is 0 Å². The van der Waals surface area contributed by atoms with E-state index in [1.165, 1.54) is 6.07 Å². The molecule has 0 aliphatic heterocycles. The summed E-state index contributed by atoms with van der Waals surface area (Å²) in [5, 5.41) is 21.9. The molecule has 4 heteroatoms. The van der Waals surface area contributed by atoms with Crippen molar-refractivity contribution in [2.24, 2.45) is 5.16 Å². The molecule has 102 valence electrons. The molecule has 0 unspecified atom stereocenters. The molecule has 0 saturated heterocycles. The Kier molecular flexibility index (Phi) is 3.84. The molecule has 0 amide bonds. The Morgan fingerprint density at radius 3 is 2.20 bits per heavy atom. The molecule has 20 heavy (non-hydrogen) atoms. The van der Waals surface area contributed by atoms with Gasteiger partial charge in [-0.25, -0.2) is 4.79 Å². The molecule has 0 aliphatic rings. The molecule has 0 spiro atoms. The minimum Gasteiger partial charge on any atom is -0.478 e. The third-order valence-electron chi connectivity index (χ3n) is 3.15. The lowest BCUT2D eigenvalue weighted by Crippen LogP contribution is -2.12. The minimum absolute atomic E-state index is 0.111. The predicted molar refractivity (Wildman–Crippen MR) is 76.7 cm³/mol. The summed E-state index contributed by atoms with van der Waals surface area (Å²) >= 11 is 0. The fourth-order valence-electron chi connectivity index (χ4n) is 2.21. The van der Waals surface area contributed by atoms with Crippen LogP contribution in [0.25, 0.3) is 0 Å². The SMILES string of the molecule is Cc1ccc(C(=NO)c2ccccc2C(=O)O)c(C)c1. The molecule has 2 aromatic rings. The van der Waals surface area contributed by atoms with Crippen LogP contribution >= 0.6 is 0 Å². The zero-order chi connectivity index (χ0) is 14.7. The predicted octanol–water partition coefficient (Wildman–Crippen LogP) is 3.23. The van der Waals surface area contributed by atoms with Crippen LogP contribution in [0.2, 0.25) is 0 Å². The summed E-state index contributed by atoms with van der Waals surface area (Å²) < 4.78 is 0. The quantitative estimate of drug-likeness (QED) is 0.510. The van der Waals surface area contributed by atoms with E-state index in [9.17, 15) is 15.1 Å². The number of aryl methyl sites for hydroxylation is 2. The van der Waals surface area contributed by atoms with Crippen molar-refractivity contribution in [3.63, 3.8) is 0 Å². The standard InChI is InChI=1S/C16H15NO3/c1-10-7-8-12(11(2)9-10)15(17-20)13-5-3-4-6-14(13)16(18)19/h3-9,20H,1-2H3,(H,18,19). The van der Waals surface area contributed by atoms with Crippen LogP contribution in [0.5, 0.6) is 0 Å². The first-order valence-corrected chi connectivity index (χ1v) is 6.17. The highest BCUT2D eigenvalue weighted by Gasteiger charge is 2.17. The second-order valence-corrected chi connectivity index (χ2v) is 4.62. The van der Waals surface area contributed by atoms with Gasteiger partial charge in [-0.05, 0) is 25.5 Å². The smallest absolute Gasteiger partial charge is 0.336 e. The van der Waals surface area contributed by atoms with E-state index in [-0.39, 0.29) is 11.3 Å². The zero-order valence-electron chi connectivity index (χ0n) is 11.3. The molecule has 0 heterocycles. The topological polar surface area (TPSA) is 69.9 Å². The molecule has 2 rings (SSSR count). The van der Waals surface area contributed by atoms with Gasteiger partial charge >= 0.3 is 5.97 Å². The van der Waals surface area contributed by atoms with Gasteiger partial charge in [-0.3, -0.25) is 0 Å². The van der Waals surface area contributed by atoms with E-state index in [4.69, 9.17) is 0 Å². The van der Waals surface area contributed by atoms with E-state index in [0.717, 1.165) is 11.1 Å². The van der Waals surface area contributed by atoms with Crippen molar-refractivity contribution in [3.8, 4) is 0 Å². The number of rotatable bonds is 3. The van der Waals surface area contributed by atoms with Crippen molar-refractivity contribution in [2.75, 3.05) is 0 Å². The average Bonchev–Trinajstić information content (AvgIpc) is 2.42. The second-order valence-electron chi connectivity index (χ2n) is 4.62. The summed E-state index contributed by atoms with van der Waals surface area (Å²) in [5.74, 6) is -1.05. The largest absolute Gasteiger partial charge is 0.478 e. The number of benzene rings is 2. The number of nitrogens with zero attached hydrogens (tertiary/aromatic N) is 1. The normalized spacial score (nSPS) is 11.4. The molecule has 0 radical (unpaired) electrons. The van der Waals surface area contributed by atoms with Gasteiger partial charge in [0, 0.05) is 11.1 Å². The van der Waals surface area contributed by atoms with E-state index < -0.39 is 5.97 Å². The molecule has 0 atom stereocenters. The fourth-order valence-corrected chi connectivity index (χ4v) is 2.21. The summed E-state index contributed by atoms with van der Waals surface area (Å²) in [6, 6.07) is 12.2. The van der Waals surface area contributed by atoms with Gasteiger partial charge in [0.15, 0.2) is 0 Å². The third-order valence-corrected chi connectivity index (χ3v) is 3.15. The maximum Gasteiger partial charge on any atom is 0.336 e. The van der Waals surface area contributed by atoms with Crippen LogP contribution < -0.4 is 0 Å². The van der Waals surface area contributed by atoms with Crippen molar-refractivity contribution in [1.29, 1.82) is 0 Å². The number of carboxylic acid groups (broad SMARTS) is 1. The van der Waals surface area contributed by atoms with Crippen LogP contribution in [0, 0.1) is 13.8 Å². The van der Waals surface area contributed by atoms with Crippen molar-refractivity contribution in [3.05, 3.63) is 70.3 Å². The van der Waals surface area contributed by atoms with Crippen LogP contribution in [0.4, 0.5) is 0 Å². The summed E-state index contributed by atoms with van der Waals surface area (Å²) in [4.78, 5) is 11.3. The van der Waals surface area contributed by atoms with Gasteiger partial charge in [0.25, 0.3) is 0 Å². The monoisotopic (exact) mass is 269 g/mol. The lowest BCUT2D eigenvalue weighted by molar-refractivity contribution is 0.0696. The summed E-state index contributed by atoms with van der Waals surface area (Å²) in [6.07, 6.45) is 0. The highest BCUT2D eigenvalue weighted by molar-refractivity contribution is 6.17. The molecule has 2 N–H and O–H groups in total. The molecule has 0 aromatic heterocycles. The first-order valence-electron chi connectivity index (χ1n) is 6.17. The molecule has 0 fully saturated rings. The summed E-state index contributed by atoms with van der Waals surface area (Å²) in [6.45, 7) is 3.87. The summed E-state index contributed by atoms with van der Waals surface area (Å²) in [5.41, 5.74) is 3.51. The number of carbonyl (C=O) groups is 1. The van der Waals surface area contributed by atoms with Gasteiger partial charge in [-0.2, -0.15) is 0 Å². The number of hydrogen-bond donors (Lipinski definition) is 2. The maximum absolute atomic E-state index is 11.3. The molecule has 0 saturated carbocycles. The highest BCUT2D eigenvalue weighted by atomic mass is 16.4. The van der Waals surface area contributed by atoms with Gasteiger partial charge in [-0.1, -0.05) is 47.1 Å². The van der Waals surface area contributed by atoms with Crippen LogP contribution in [0.15, 0.2) is 47.6 Å². The van der Waals surface area contributed by atoms with Gasteiger partial charge in [0.05, 0.1) is 5.56 Å². The maximum atomic E-state index is 11.3. The fraction of sp³-hybridized carbons (Fsp3) is 0.125. The molecular weight excluding hydrogens is 254 g/mol. The molecular formula is C16H15NO3. The minimum atomic E-state index is -1.05. The number of hydrogen-bond acceptors (Lipinski definition) is 3. The molecule has 2 aromatic carbocycles. The van der Waals surface area contributed by atoms with Crippen LogP contribution in [0.1, 0.15) is 32.6 Å². The first kappa shape index (κ1) is 13.8. The van der Waals surface area contributed by atoms with Crippen molar-refractivity contribution in [1.82, 2.24) is 0 Å². The van der Waals surface area contributed by atoms with Gasteiger partial charge in [0.1, 0.15) is 5.71 Å². The molecule has 4 nitrogen and oxygen atoms in total. The van der Waals surface area contributed by atoms with Crippen LogP contribution in [-0.2, 0) is 0 Å². The number of carboxylic acids is 1. The van der Waals surface area contributed by atoms with E-state index in [1.807, 2.05) is 32.0 Å². The van der Waals surface area contributed by atoms with Gasteiger partial charge in [0.2, 0.25) is 0 Å². The van der Waals surface area contributed by atoms with Crippen molar-refractivity contribution >= 4 is 11.7 Å². The lowest BCUT2D eigenvalue weighted by Gasteiger charge is -2.11. The highest BCUT2D eigenvalue weighted by Crippen LogP contribution is 2.19. The number of aromatic carboxylic acids is 1. The Balaban J connectivity index is 2.63. The zero-order valence-corrected chi connectivity index (χ0v) is 11.3. The Labute approximate surface area is 117 Å². The Bertz CT molecular complexity index is 690. The van der Waals surface area contributed by atoms with Gasteiger partial charge < -0.3 is 10.3 Å². The Morgan fingerprint density at radius 1 is 1.00 bits per heavy atom. The second kappa shape index (κ2) is 5.57.